The van der Waals surface area contributed by atoms with Gasteiger partial charge in [-0.15, -0.1) is 0 Å². The van der Waals surface area contributed by atoms with Crippen molar-refractivity contribution >= 4 is 23.8 Å². The smallest absolute Gasteiger partial charge is 0.411 e. The molecule has 1 heterocycles. The maximum Gasteiger partial charge on any atom is 0.411 e. The number of rotatable bonds is 7. The van der Waals surface area contributed by atoms with Crippen molar-refractivity contribution in [1.82, 2.24) is 20.4 Å². The molecule has 1 aromatic carbocycles. The van der Waals surface area contributed by atoms with Gasteiger partial charge in [0.05, 0.1) is 18.3 Å². The van der Waals surface area contributed by atoms with Crippen LogP contribution in [0.25, 0.3) is 0 Å². The first-order valence-corrected chi connectivity index (χ1v) is 12.6. The van der Waals surface area contributed by atoms with E-state index in [1.165, 1.54) is 11.9 Å². The molecule has 0 bridgehead atoms. The molecular formula is C27H32N4O5. The number of benzene rings is 1. The fourth-order valence-electron chi connectivity index (χ4n) is 5.52. The highest BCUT2D eigenvalue weighted by Crippen LogP contribution is 2.48. The minimum absolute atomic E-state index is 0.0598. The van der Waals surface area contributed by atoms with Gasteiger partial charge in [0, 0.05) is 19.5 Å². The molecular weight excluding hydrogens is 460 g/mol. The number of hydrogen-bond donors (Lipinski definition) is 2. The Labute approximate surface area is 210 Å². The van der Waals surface area contributed by atoms with Crippen LogP contribution in [-0.2, 0) is 14.3 Å². The van der Waals surface area contributed by atoms with Gasteiger partial charge >= 0.3 is 12.1 Å². The second-order valence-electron chi connectivity index (χ2n) is 10.2. The maximum atomic E-state index is 13.5. The first-order chi connectivity index (χ1) is 17.3. The number of amides is 4. The Bertz CT molecular complexity index is 1140. The quantitative estimate of drug-likeness (QED) is 0.609. The van der Waals surface area contributed by atoms with Gasteiger partial charge in [0.2, 0.25) is 5.91 Å². The van der Waals surface area contributed by atoms with Crippen molar-refractivity contribution in [3.8, 4) is 0 Å². The zero-order chi connectivity index (χ0) is 25.4. The molecule has 1 aromatic rings. The Morgan fingerprint density at radius 3 is 2.61 bits per heavy atom. The van der Waals surface area contributed by atoms with E-state index < -0.39 is 23.6 Å². The lowest BCUT2D eigenvalue weighted by Crippen LogP contribution is -2.44. The number of urea groups is 1. The summed E-state index contributed by atoms with van der Waals surface area (Å²) in [7, 11) is 1.48. The summed E-state index contributed by atoms with van der Waals surface area (Å²) >= 11 is 0. The van der Waals surface area contributed by atoms with E-state index in [-0.39, 0.29) is 36.5 Å². The van der Waals surface area contributed by atoms with Crippen LogP contribution in [0.15, 0.2) is 53.8 Å². The zero-order valence-electron chi connectivity index (χ0n) is 20.7. The van der Waals surface area contributed by atoms with Gasteiger partial charge in [0.25, 0.3) is 0 Å². The zero-order valence-corrected chi connectivity index (χ0v) is 20.7. The summed E-state index contributed by atoms with van der Waals surface area (Å²) in [4.78, 5) is 54.4. The summed E-state index contributed by atoms with van der Waals surface area (Å²) in [5, 5.41) is 5.00. The lowest BCUT2D eigenvalue weighted by Gasteiger charge is -2.31. The lowest BCUT2D eigenvalue weighted by atomic mass is 9.85. The number of carbonyl (C=O) groups is 4. The van der Waals surface area contributed by atoms with Gasteiger partial charge in [-0.1, -0.05) is 36.4 Å². The van der Waals surface area contributed by atoms with Crippen LogP contribution >= 0.6 is 0 Å². The van der Waals surface area contributed by atoms with Gasteiger partial charge in [-0.3, -0.25) is 14.5 Å². The molecule has 4 amide bonds. The van der Waals surface area contributed by atoms with Gasteiger partial charge < -0.3 is 20.3 Å². The summed E-state index contributed by atoms with van der Waals surface area (Å²) in [5.74, 6) is -0.233. The molecule has 9 heteroatoms. The molecule has 36 heavy (non-hydrogen) atoms. The molecule has 5 rings (SSSR count). The van der Waals surface area contributed by atoms with Crippen molar-refractivity contribution in [2.75, 3.05) is 26.7 Å². The number of allylic oxidation sites excluding steroid dienone is 3. The van der Waals surface area contributed by atoms with Crippen molar-refractivity contribution in [1.29, 1.82) is 0 Å². The third-order valence-corrected chi connectivity index (χ3v) is 7.76. The van der Waals surface area contributed by atoms with Crippen molar-refractivity contribution in [3.63, 3.8) is 0 Å². The van der Waals surface area contributed by atoms with E-state index in [0.717, 1.165) is 24.0 Å². The fraction of sp³-hybridized carbons (Fsp3) is 0.481. The van der Waals surface area contributed by atoms with Crippen molar-refractivity contribution < 1.29 is 23.9 Å². The molecule has 190 valence electrons. The average molecular weight is 493 g/mol. The second kappa shape index (κ2) is 9.44. The van der Waals surface area contributed by atoms with Crippen LogP contribution < -0.4 is 10.6 Å². The Morgan fingerprint density at radius 1 is 1.17 bits per heavy atom. The number of fused-ring (bicyclic) bond motifs is 2. The number of hydrogen-bond acceptors (Lipinski definition) is 5. The van der Waals surface area contributed by atoms with Gasteiger partial charge in [0.15, 0.2) is 11.4 Å². The standard InChI is InChI=1S/C27H32N4O5/c1-17(19-6-4-3-5-7-19)31(14-18-8-9-18)23(32)15-30-16-27(36-26(30)35)13-12-20-21(27)10-11-22(24(20)33)29-25(34)28-2/h3-7,10-11,17-18,20H,8-9,12-16H2,1-2H3,(H2,28,29,34)/t17?,20?,27-/m0/s1. The first kappa shape index (κ1) is 24.1. The maximum absolute atomic E-state index is 13.5. The second-order valence-corrected chi connectivity index (χ2v) is 10.2. The van der Waals surface area contributed by atoms with E-state index in [4.69, 9.17) is 4.74 Å². The highest BCUT2D eigenvalue weighted by atomic mass is 16.6. The first-order valence-electron chi connectivity index (χ1n) is 12.6. The van der Waals surface area contributed by atoms with Gasteiger partial charge in [0.1, 0.15) is 6.54 Å². The molecule has 3 atom stereocenters. The topological polar surface area (TPSA) is 108 Å². The van der Waals surface area contributed by atoms with Gasteiger partial charge in [-0.05, 0) is 55.7 Å². The van der Waals surface area contributed by atoms with E-state index in [0.29, 0.717) is 25.3 Å². The third kappa shape index (κ3) is 4.50. The highest BCUT2D eigenvalue weighted by molar-refractivity contribution is 6.03. The minimum Gasteiger partial charge on any atom is -0.436 e. The van der Waals surface area contributed by atoms with Crippen LogP contribution in [0, 0.1) is 11.8 Å². The molecule has 1 aliphatic heterocycles. The molecule has 0 aromatic heterocycles. The number of nitrogens with one attached hydrogen (secondary N) is 2. The van der Waals surface area contributed by atoms with Gasteiger partial charge in [-0.2, -0.15) is 0 Å². The Balaban J connectivity index is 1.31. The normalized spacial score (nSPS) is 25.6. The van der Waals surface area contributed by atoms with Crippen LogP contribution in [0.1, 0.15) is 44.2 Å². The van der Waals surface area contributed by atoms with Crippen molar-refractivity contribution in [2.24, 2.45) is 11.8 Å². The molecule has 3 aliphatic carbocycles. The molecule has 1 saturated heterocycles. The van der Waals surface area contributed by atoms with Crippen LogP contribution in [0.3, 0.4) is 0 Å². The third-order valence-electron chi connectivity index (χ3n) is 7.76. The summed E-state index contributed by atoms with van der Waals surface area (Å²) in [6.07, 6.45) is 6.07. The fourth-order valence-corrected chi connectivity index (χ4v) is 5.52. The molecule has 2 saturated carbocycles. The predicted octanol–water partition coefficient (Wildman–Crippen LogP) is 2.91. The summed E-state index contributed by atoms with van der Waals surface area (Å²) in [6, 6.07) is 9.36. The average Bonchev–Trinajstić information content (AvgIpc) is 3.56. The largest absolute Gasteiger partial charge is 0.436 e. The van der Waals surface area contributed by atoms with Gasteiger partial charge in [-0.25, -0.2) is 9.59 Å². The Morgan fingerprint density at radius 2 is 1.92 bits per heavy atom. The summed E-state index contributed by atoms with van der Waals surface area (Å²) in [5.41, 5.74) is 1.11. The van der Waals surface area contributed by atoms with Crippen LogP contribution in [0.4, 0.5) is 9.59 Å². The molecule has 2 unspecified atom stereocenters. The number of carbonyl (C=O) groups excluding carboxylic acids is 4. The van der Waals surface area contributed by atoms with E-state index in [1.807, 2.05) is 42.2 Å². The number of Topliss-reactive ketones (excluding diaryl/α,β-unsaturated/α-hetero) is 1. The minimum atomic E-state index is -0.918. The van der Waals surface area contributed by atoms with Crippen LogP contribution in [0.5, 0.6) is 0 Å². The van der Waals surface area contributed by atoms with E-state index in [9.17, 15) is 19.2 Å². The van der Waals surface area contributed by atoms with E-state index >= 15 is 0 Å². The van der Waals surface area contributed by atoms with E-state index in [1.54, 1.807) is 12.2 Å². The molecule has 9 nitrogen and oxygen atoms in total. The molecule has 3 fully saturated rings. The monoisotopic (exact) mass is 492 g/mol. The Kier molecular flexibility index (Phi) is 6.32. The van der Waals surface area contributed by atoms with Crippen molar-refractivity contribution in [2.45, 2.75) is 44.2 Å². The summed E-state index contributed by atoms with van der Waals surface area (Å²) in [6.45, 7) is 2.87. The predicted molar refractivity (Wildman–Crippen MR) is 132 cm³/mol. The molecule has 0 radical (unpaired) electrons. The lowest BCUT2D eigenvalue weighted by molar-refractivity contribution is -0.134. The molecule has 1 spiro atoms. The van der Waals surface area contributed by atoms with Crippen LogP contribution in [0.2, 0.25) is 0 Å². The number of ketones is 1. The summed E-state index contributed by atoms with van der Waals surface area (Å²) < 4.78 is 5.86. The highest BCUT2D eigenvalue weighted by Gasteiger charge is 2.56. The van der Waals surface area contributed by atoms with E-state index in [2.05, 4.69) is 10.6 Å². The van der Waals surface area contributed by atoms with Crippen LogP contribution in [-0.4, -0.2) is 65.9 Å². The Hall–Kier alpha value is -3.62. The molecule has 2 N–H and O–H groups in total. The van der Waals surface area contributed by atoms with Crippen molar-refractivity contribution in [3.05, 3.63) is 59.3 Å². The SMILES string of the molecule is CNC(=O)NC1=CC=C2C(CC[C@]23CN(CC(=O)N(CC2CC2)C(C)c2ccccc2)C(=O)O3)C1=O. The number of ether oxygens (including phenoxy) is 1. The number of nitrogens with zero attached hydrogens (tertiary/aromatic N) is 2. The molecule has 4 aliphatic rings.